The molecule has 1 aromatic heterocycles. The molecule has 0 bridgehead atoms. The highest BCUT2D eigenvalue weighted by atomic mass is 32.2. The van der Waals surface area contributed by atoms with E-state index < -0.39 is 4.92 Å². The number of benzene rings is 1. The third-order valence-electron chi connectivity index (χ3n) is 2.72. The van der Waals surface area contributed by atoms with E-state index in [1.165, 1.54) is 23.9 Å². The second-order valence-corrected chi connectivity index (χ2v) is 5.72. The van der Waals surface area contributed by atoms with E-state index in [4.69, 9.17) is 9.26 Å². The summed E-state index contributed by atoms with van der Waals surface area (Å²) in [6.07, 6.45) is 0.606. The van der Waals surface area contributed by atoms with Gasteiger partial charge >= 0.3 is 0 Å². The molecule has 2 rings (SSSR count). The number of ether oxygens (including phenoxy) is 1. The van der Waals surface area contributed by atoms with Gasteiger partial charge in [0.2, 0.25) is 5.89 Å². The largest absolute Gasteiger partial charge is 0.384 e. The van der Waals surface area contributed by atoms with Gasteiger partial charge in [0.25, 0.3) is 5.69 Å². The second-order valence-electron chi connectivity index (χ2n) is 4.30. The minimum Gasteiger partial charge on any atom is -0.384 e. The van der Waals surface area contributed by atoms with Crippen LogP contribution in [0.5, 0.6) is 0 Å². The minimum atomic E-state index is -0.419. The standard InChI is InChI=1S/C13H15N3O4S/c1-9(13-14-12(15-20-13)7-8-19-2)21-11-5-3-10(4-6-11)16(17)18/h3-6,9H,7-8H2,1-2H3. The van der Waals surface area contributed by atoms with E-state index in [2.05, 4.69) is 10.1 Å². The van der Waals surface area contributed by atoms with Crippen LogP contribution < -0.4 is 0 Å². The van der Waals surface area contributed by atoms with Crippen molar-refractivity contribution in [3.8, 4) is 0 Å². The topological polar surface area (TPSA) is 91.3 Å². The van der Waals surface area contributed by atoms with Crippen molar-refractivity contribution in [2.24, 2.45) is 0 Å². The van der Waals surface area contributed by atoms with Gasteiger partial charge in [-0.1, -0.05) is 5.16 Å². The van der Waals surface area contributed by atoms with Gasteiger partial charge in [0.1, 0.15) is 0 Å². The summed E-state index contributed by atoms with van der Waals surface area (Å²) < 4.78 is 10.2. The molecule has 21 heavy (non-hydrogen) atoms. The van der Waals surface area contributed by atoms with Crippen molar-refractivity contribution in [2.45, 2.75) is 23.5 Å². The number of rotatable bonds is 7. The van der Waals surface area contributed by atoms with Gasteiger partial charge < -0.3 is 9.26 Å². The molecule has 1 unspecified atom stereocenters. The van der Waals surface area contributed by atoms with Crippen LogP contribution in [0.4, 0.5) is 5.69 Å². The molecule has 0 aliphatic carbocycles. The lowest BCUT2D eigenvalue weighted by Crippen LogP contribution is -1.97. The maximum absolute atomic E-state index is 10.6. The fourth-order valence-corrected chi connectivity index (χ4v) is 2.53. The summed E-state index contributed by atoms with van der Waals surface area (Å²) in [5.74, 6) is 1.15. The van der Waals surface area contributed by atoms with Gasteiger partial charge in [-0.05, 0) is 19.1 Å². The van der Waals surface area contributed by atoms with E-state index >= 15 is 0 Å². The van der Waals surface area contributed by atoms with Crippen LogP contribution in [0.3, 0.4) is 0 Å². The first-order chi connectivity index (χ1) is 10.1. The summed E-state index contributed by atoms with van der Waals surface area (Å²) in [7, 11) is 1.62. The van der Waals surface area contributed by atoms with E-state index in [1.54, 1.807) is 19.2 Å². The number of hydrogen-bond donors (Lipinski definition) is 0. The monoisotopic (exact) mass is 309 g/mol. The summed E-state index contributed by atoms with van der Waals surface area (Å²) >= 11 is 1.50. The quantitative estimate of drug-likeness (QED) is 0.441. The molecule has 0 saturated carbocycles. The second kappa shape index (κ2) is 7.19. The van der Waals surface area contributed by atoms with Crippen molar-refractivity contribution in [3.05, 3.63) is 46.1 Å². The Bertz CT molecular complexity index is 600. The lowest BCUT2D eigenvalue weighted by atomic mass is 10.3. The van der Waals surface area contributed by atoms with Crippen molar-refractivity contribution in [1.29, 1.82) is 0 Å². The molecule has 0 radical (unpaired) electrons. The Hall–Kier alpha value is -1.93. The molecule has 112 valence electrons. The number of nitro groups is 1. The van der Waals surface area contributed by atoms with Gasteiger partial charge in [-0.2, -0.15) is 4.98 Å². The third-order valence-corrected chi connectivity index (χ3v) is 3.82. The van der Waals surface area contributed by atoms with Crippen LogP contribution in [0.2, 0.25) is 0 Å². The van der Waals surface area contributed by atoms with Crippen molar-refractivity contribution in [2.75, 3.05) is 13.7 Å². The van der Waals surface area contributed by atoms with E-state index in [-0.39, 0.29) is 10.9 Å². The zero-order chi connectivity index (χ0) is 15.2. The van der Waals surface area contributed by atoms with Gasteiger partial charge in [0.05, 0.1) is 16.8 Å². The molecule has 2 aromatic rings. The Morgan fingerprint density at radius 2 is 2.14 bits per heavy atom. The highest BCUT2D eigenvalue weighted by Gasteiger charge is 2.16. The number of nitrogens with zero attached hydrogens (tertiary/aromatic N) is 3. The molecule has 0 N–H and O–H groups in total. The van der Waals surface area contributed by atoms with E-state index in [0.29, 0.717) is 24.7 Å². The van der Waals surface area contributed by atoms with Crippen LogP contribution in [-0.2, 0) is 11.2 Å². The molecular formula is C13H15N3O4S. The Morgan fingerprint density at radius 3 is 2.76 bits per heavy atom. The van der Waals surface area contributed by atoms with Gasteiger partial charge in [-0.25, -0.2) is 0 Å². The Kier molecular flexibility index (Phi) is 5.29. The molecule has 0 saturated heterocycles. The number of nitro benzene ring substituents is 1. The zero-order valence-corrected chi connectivity index (χ0v) is 12.5. The lowest BCUT2D eigenvalue weighted by molar-refractivity contribution is -0.384. The molecule has 0 amide bonds. The van der Waals surface area contributed by atoms with Gasteiger partial charge in [0.15, 0.2) is 5.82 Å². The molecule has 0 aliphatic heterocycles. The molecule has 0 spiro atoms. The Labute approximate surface area is 125 Å². The van der Waals surface area contributed by atoms with Crippen LogP contribution in [0.15, 0.2) is 33.7 Å². The van der Waals surface area contributed by atoms with Crippen LogP contribution in [0.1, 0.15) is 23.9 Å². The molecule has 0 fully saturated rings. The number of hydrogen-bond acceptors (Lipinski definition) is 7. The van der Waals surface area contributed by atoms with Crippen molar-refractivity contribution in [1.82, 2.24) is 10.1 Å². The first kappa shape index (κ1) is 15.5. The van der Waals surface area contributed by atoms with Gasteiger partial charge in [0, 0.05) is 30.6 Å². The summed E-state index contributed by atoms with van der Waals surface area (Å²) in [5, 5.41) is 14.5. The fraction of sp³-hybridized carbons (Fsp3) is 0.385. The fourth-order valence-electron chi connectivity index (χ4n) is 1.63. The van der Waals surface area contributed by atoms with E-state index in [1.807, 2.05) is 6.92 Å². The molecule has 1 atom stereocenters. The summed E-state index contributed by atoms with van der Waals surface area (Å²) in [6, 6.07) is 6.38. The number of methoxy groups -OCH3 is 1. The van der Waals surface area contributed by atoms with Crippen LogP contribution >= 0.6 is 11.8 Å². The normalized spacial score (nSPS) is 12.3. The SMILES string of the molecule is COCCc1noc(C(C)Sc2ccc([N+](=O)[O-])cc2)n1. The Morgan fingerprint density at radius 1 is 1.43 bits per heavy atom. The average Bonchev–Trinajstić information content (AvgIpc) is 2.94. The van der Waals surface area contributed by atoms with Crippen LogP contribution in [0.25, 0.3) is 0 Å². The average molecular weight is 309 g/mol. The third kappa shape index (κ3) is 4.27. The van der Waals surface area contributed by atoms with Crippen molar-refractivity contribution in [3.63, 3.8) is 0 Å². The molecule has 1 heterocycles. The van der Waals surface area contributed by atoms with Crippen LogP contribution in [-0.4, -0.2) is 28.8 Å². The Balaban J connectivity index is 1.98. The number of aromatic nitrogens is 2. The van der Waals surface area contributed by atoms with E-state index in [9.17, 15) is 10.1 Å². The van der Waals surface area contributed by atoms with Crippen molar-refractivity contribution < 1.29 is 14.2 Å². The maximum Gasteiger partial charge on any atom is 0.269 e. The minimum absolute atomic E-state index is 0.0322. The van der Waals surface area contributed by atoms with E-state index in [0.717, 1.165) is 4.90 Å². The highest BCUT2D eigenvalue weighted by molar-refractivity contribution is 7.99. The zero-order valence-electron chi connectivity index (χ0n) is 11.7. The lowest BCUT2D eigenvalue weighted by Gasteiger charge is -2.05. The molecule has 8 heteroatoms. The number of non-ortho nitro benzene ring substituents is 1. The van der Waals surface area contributed by atoms with Gasteiger partial charge in [-0.3, -0.25) is 10.1 Å². The first-order valence-corrected chi connectivity index (χ1v) is 7.20. The maximum atomic E-state index is 10.6. The van der Waals surface area contributed by atoms with Gasteiger partial charge in [-0.15, -0.1) is 11.8 Å². The molecular weight excluding hydrogens is 294 g/mol. The summed E-state index contributed by atoms with van der Waals surface area (Å²) in [5.41, 5.74) is 0.0756. The first-order valence-electron chi connectivity index (χ1n) is 6.32. The van der Waals surface area contributed by atoms with Crippen LogP contribution in [0, 0.1) is 10.1 Å². The smallest absolute Gasteiger partial charge is 0.269 e. The summed E-state index contributed by atoms with van der Waals surface area (Å²) in [6.45, 7) is 2.49. The molecule has 0 aliphatic rings. The predicted octanol–water partition coefficient (Wildman–Crippen LogP) is 3.02. The molecule has 7 nitrogen and oxygen atoms in total. The predicted molar refractivity (Wildman–Crippen MR) is 77.2 cm³/mol. The van der Waals surface area contributed by atoms with Crippen molar-refractivity contribution >= 4 is 17.4 Å². The molecule has 1 aromatic carbocycles. The summed E-state index contributed by atoms with van der Waals surface area (Å²) in [4.78, 5) is 15.4. The number of thioether (sulfide) groups is 1. The highest BCUT2D eigenvalue weighted by Crippen LogP contribution is 2.34.